The number of amides is 1. The Morgan fingerprint density at radius 1 is 1.03 bits per heavy atom. The second kappa shape index (κ2) is 11.4. The number of carbonyl (C=O) groups excluding carboxylic acids is 2. The molecule has 37 heavy (non-hydrogen) atoms. The van der Waals surface area contributed by atoms with Crippen molar-refractivity contribution in [1.29, 1.82) is 0 Å². The molecule has 0 unspecified atom stereocenters. The largest absolute Gasteiger partial charge is 0.507 e. The van der Waals surface area contributed by atoms with Crippen LogP contribution < -0.4 is 4.74 Å². The van der Waals surface area contributed by atoms with Gasteiger partial charge in [-0.05, 0) is 81.5 Å². The summed E-state index contributed by atoms with van der Waals surface area (Å²) in [4.78, 5) is 29.6. The first-order valence-corrected chi connectivity index (χ1v) is 12.2. The predicted molar refractivity (Wildman–Crippen MR) is 141 cm³/mol. The minimum atomic E-state index is -0.806. The van der Waals surface area contributed by atoms with Crippen molar-refractivity contribution in [2.75, 3.05) is 27.2 Å². The van der Waals surface area contributed by atoms with Gasteiger partial charge in [-0.1, -0.05) is 42.0 Å². The van der Waals surface area contributed by atoms with Crippen LogP contribution in [0.1, 0.15) is 34.7 Å². The van der Waals surface area contributed by atoms with Crippen LogP contribution in [0.4, 0.5) is 4.39 Å². The number of hydrogen-bond donors (Lipinski definition) is 1. The Labute approximate surface area is 216 Å². The summed E-state index contributed by atoms with van der Waals surface area (Å²) in [7, 11) is 3.86. The predicted octanol–water partition coefficient (Wildman–Crippen LogP) is 5.09. The number of carbonyl (C=O) groups is 2. The van der Waals surface area contributed by atoms with Gasteiger partial charge in [0.2, 0.25) is 0 Å². The lowest BCUT2D eigenvalue weighted by Crippen LogP contribution is -2.32. The van der Waals surface area contributed by atoms with E-state index in [2.05, 4.69) is 0 Å². The summed E-state index contributed by atoms with van der Waals surface area (Å²) in [6.45, 7) is 3.47. The highest BCUT2D eigenvalue weighted by Crippen LogP contribution is 2.39. The number of aryl methyl sites for hydroxylation is 1. The van der Waals surface area contributed by atoms with E-state index < -0.39 is 23.5 Å². The number of halogens is 1. The van der Waals surface area contributed by atoms with Crippen LogP contribution in [0.3, 0.4) is 0 Å². The number of Topliss-reactive ketones (excluding diaryl/α,β-unsaturated/α-hetero) is 1. The number of aliphatic hydroxyl groups excluding tert-OH is 1. The number of aliphatic hydroxyl groups is 1. The lowest BCUT2D eigenvalue weighted by atomic mass is 9.95. The molecule has 0 spiro atoms. The van der Waals surface area contributed by atoms with Crippen LogP contribution >= 0.6 is 0 Å². The number of ketones is 1. The number of ether oxygens (including phenoxy) is 1. The maximum Gasteiger partial charge on any atom is 0.295 e. The van der Waals surface area contributed by atoms with Gasteiger partial charge < -0.3 is 19.6 Å². The molecule has 1 saturated heterocycles. The molecule has 1 fully saturated rings. The van der Waals surface area contributed by atoms with Gasteiger partial charge in [-0.15, -0.1) is 0 Å². The van der Waals surface area contributed by atoms with Crippen molar-refractivity contribution in [2.45, 2.75) is 26.0 Å². The van der Waals surface area contributed by atoms with E-state index in [0.29, 0.717) is 36.4 Å². The third-order valence-corrected chi connectivity index (χ3v) is 6.35. The first kappa shape index (κ1) is 26.1. The molecule has 1 atom stereocenters. The lowest BCUT2D eigenvalue weighted by Gasteiger charge is -2.26. The molecule has 0 aromatic heterocycles. The van der Waals surface area contributed by atoms with Crippen molar-refractivity contribution in [3.8, 4) is 5.75 Å². The van der Waals surface area contributed by atoms with E-state index >= 15 is 0 Å². The number of hydrogen-bond acceptors (Lipinski definition) is 5. The maximum absolute atomic E-state index is 13.6. The van der Waals surface area contributed by atoms with E-state index in [1.807, 2.05) is 50.2 Å². The first-order valence-electron chi connectivity index (χ1n) is 12.2. The van der Waals surface area contributed by atoms with Crippen LogP contribution in [0.25, 0.3) is 5.76 Å². The molecule has 3 aromatic carbocycles. The summed E-state index contributed by atoms with van der Waals surface area (Å²) in [6.07, 6.45) is 0.644. The first-order chi connectivity index (χ1) is 17.7. The third-order valence-electron chi connectivity index (χ3n) is 6.35. The van der Waals surface area contributed by atoms with Crippen LogP contribution in [-0.2, 0) is 16.2 Å². The second-order valence-corrected chi connectivity index (χ2v) is 9.50. The fraction of sp³-hybridized carbons (Fsp3) is 0.267. The van der Waals surface area contributed by atoms with Gasteiger partial charge in [0.25, 0.3) is 11.7 Å². The van der Waals surface area contributed by atoms with E-state index in [4.69, 9.17) is 4.74 Å². The highest BCUT2D eigenvalue weighted by Gasteiger charge is 2.45. The van der Waals surface area contributed by atoms with Gasteiger partial charge in [0, 0.05) is 12.1 Å². The zero-order valence-corrected chi connectivity index (χ0v) is 21.3. The molecule has 1 N–H and O–H groups in total. The van der Waals surface area contributed by atoms with Crippen molar-refractivity contribution in [3.05, 3.63) is 106 Å². The molecule has 1 aliphatic rings. The number of benzene rings is 3. The molecule has 4 rings (SSSR count). The quantitative estimate of drug-likeness (QED) is 0.251. The lowest BCUT2D eigenvalue weighted by molar-refractivity contribution is -0.139. The summed E-state index contributed by atoms with van der Waals surface area (Å²) in [6, 6.07) is 19.6. The summed E-state index contributed by atoms with van der Waals surface area (Å²) in [5.74, 6) is -1.51. The molecule has 1 amide bonds. The van der Waals surface area contributed by atoms with Gasteiger partial charge in [0.1, 0.15) is 23.9 Å². The third kappa shape index (κ3) is 6.06. The number of rotatable bonds is 9. The highest BCUT2D eigenvalue weighted by molar-refractivity contribution is 6.46. The molecular weight excluding hydrogens is 471 g/mol. The number of nitrogens with zero attached hydrogens (tertiary/aromatic N) is 2. The molecule has 0 bridgehead atoms. The second-order valence-electron chi connectivity index (χ2n) is 9.50. The number of likely N-dealkylation sites (tertiary alicyclic amines) is 1. The SMILES string of the molecule is Cc1cccc(COc2ccc(C(O)=C3C(=O)C(=O)N(CCCN(C)C)[C@@H]3c3ccc(F)cc3)cc2)c1. The minimum absolute atomic E-state index is 0.00473. The van der Waals surface area contributed by atoms with Gasteiger partial charge in [-0.2, -0.15) is 0 Å². The Kier molecular flexibility index (Phi) is 8.04. The molecule has 0 aliphatic carbocycles. The van der Waals surface area contributed by atoms with Gasteiger partial charge in [-0.25, -0.2) is 4.39 Å². The zero-order chi connectivity index (χ0) is 26.5. The van der Waals surface area contributed by atoms with Gasteiger partial charge in [0.15, 0.2) is 0 Å². The smallest absolute Gasteiger partial charge is 0.295 e. The van der Waals surface area contributed by atoms with Crippen LogP contribution in [0.15, 0.2) is 78.4 Å². The Morgan fingerprint density at radius 2 is 1.73 bits per heavy atom. The van der Waals surface area contributed by atoms with E-state index in [0.717, 1.165) is 17.7 Å². The van der Waals surface area contributed by atoms with Crippen molar-refractivity contribution < 1.29 is 23.8 Å². The fourth-order valence-corrected chi connectivity index (χ4v) is 4.49. The maximum atomic E-state index is 13.6. The Bertz CT molecular complexity index is 1300. The monoisotopic (exact) mass is 502 g/mol. The van der Waals surface area contributed by atoms with Gasteiger partial charge in [-0.3, -0.25) is 9.59 Å². The average Bonchev–Trinajstić information content (AvgIpc) is 3.13. The van der Waals surface area contributed by atoms with Crippen molar-refractivity contribution in [3.63, 3.8) is 0 Å². The van der Waals surface area contributed by atoms with Crippen LogP contribution in [-0.4, -0.2) is 53.8 Å². The van der Waals surface area contributed by atoms with E-state index in [-0.39, 0.29) is 11.3 Å². The molecule has 7 heteroatoms. The molecule has 1 heterocycles. The normalized spacial score (nSPS) is 17.0. The average molecular weight is 503 g/mol. The van der Waals surface area contributed by atoms with E-state index in [9.17, 15) is 19.1 Å². The minimum Gasteiger partial charge on any atom is -0.507 e. The van der Waals surface area contributed by atoms with Crippen LogP contribution in [0.2, 0.25) is 0 Å². The standard InChI is InChI=1S/C30H31FN2O4/c1-20-6-4-7-21(18-20)19-37-25-14-10-23(11-15-25)28(34)26-27(22-8-12-24(31)13-9-22)33(30(36)29(26)35)17-5-16-32(2)3/h4,6-15,18,27,34H,5,16-17,19H2,1-3H3/t27-/m1/s1. The van der Waals surface area contributed by atoms with Crippen molar-refractivity contribution in [2.24, 2.45) is 0 Å². The molecule has 0 saturated carbocycles. The fourth-order valence-electron chi connectivity index (χ4n) is 4.49. The summed E-state index contributed by atoms with van der Waals surface area (Å²) < 4.78 is 19.5. The van der Waals surface area contributed by atoms with E-state index in [1.54, 1.807) is 36.4 Å². The topological polar surface area (TPSA) is 70.1 Å². The highest BCUT2D eigenvalue weighted by atomic mass is 19.1. The molecule has 0 radical (unpaired) electrons. The van der Waals surface area contributed by atoms with Gasteiger partial charge in [0.05, 0.1) is 11.6 Å². The van der Waals surface area contributed by atoms with Crippen LogP contribution in [0.5, 0.6) is 5.75 Å². The van der Waals surface area contributed by atoms with Crippen LogP contribution in [0, 0.1) is 12.7 Å². The molecule has 6 nitrogen and oxygen atoms in total. The molecule has 192 valence electrons. The van der Waals surface area contributed by atoms with Gasteiger partial charge >= 0.3 is 0 Å². The van der Waals surface area contributed by atoms with Crippen molar-refractivity contribution in [1.82, 2.24) is 9.80 Å². The summed E-state index contributed by atoms with van der Waals surface area (Å²) in [5, 5.41) is 11.2. The van der Waals surface area contributed by atoms with Crippen molar-refractivity contribution >= 4 is 17.4 Å². The summed E-state index contributed by atoms with van der Waals surface area (Å²) >= 11 is 0. The Hall–Kier alpha value is -3.97. The van der Waals surface area contributed by atoms with E-state index in [1.165, 1.54) is 17.0 Å². The Balaban J connectivity index is 1.62. The molecular formula is C30H31FN2O4. The zero-order valence-electron chi connectivity index (χ0n) is 21.3. The molecule has 3 aromatic rings. The summed E-state index contributed by atoms with van der Waals surface area (Å²) in [5.41, 5.74) is 3.14. The Morgan fingerprint density at radius 3 is 2.38 bits per heavy atom. The molecule has 1 aliphatic heterocycles.